The van der Waals surface area contributed by atoms with Gasteiger partial charge < -0.3 is 4.74 Å². The minimum Gasteiger partial charge on any atom is -0.492 e. The maximum atomic E-state index is 6.09. The zero-order valence-corrected chi connectivity index (χ0v) is 15.5. The van der Waals surface area contributed by atoms with Crippen LogP contribution in [0.3, 0.4) is 0 Å². The summed E-state index contributed by atoms with van der Waals surface area (Å²) in [6.07, 6.45) is 8.67. The predicted molar refractivity (Wildman–Crippen MR) is 95.8 cm³/mol. The summed E-state index contributed by atoms with van der Waals surface area (Å²) in [7, 11) is 0. The van der Waals surface area contributed by atoms with Crippen molar-refractivity contribution >= 4 is 51.8 Å². The first-order valence-corrected chi connectivity index (χ1v) is 9.21. The largest absolute Gasteiger partial charge is 0.492 e. The van der Waals surface area contributed by atoms with E-state index in [1.54, 1.807) is 12.1 Å². The van der Waals surface area contributed by atoms with Crippen molar-refractivity contribution < 1.29 is 4.74 Å². The Morgan fingerprint density at radius 1 is 0.900 bits per heavy atom. The van der Waals surface area contributed by atoms with Crippen molar-refractivity contribution in [3.63, 3.8) is 0 Å². The van der Waals surface area contributed by atoms with E-state index in [1.165, 1.54) is 38.5 Å². The highest BCUT2D eigenvalue weighted by Gasteiger charge is 2.06. The van der Waals surface area contributed by atoms with Gasteiger partial charge in [0.25, 0.3) is 0 Å². The topological polar surface area (TPSA) is 9.23 Å². The highest BCUT2D eigenvalue weighted by atomic mass is 79.9. The van der Waals surface area contributed by atoms with Gasteiger partial charge in [0.2, 0.25) is 0 Å². The third-order valence-corrected chi connectivity index (χ3v) is 4.84. The van der Waals surface area contributed by atoms with Crippen molar-refractivity contribution in [2.75, 3.05) is 12.4 Å². The van der Waals surface area contributed by atoms with Crippen molar-refractivity contribution in [1.82, 2.24) is 0 Å². The zero-order chi connectivity index (χ0) is 14.8. The lowest BCUT2D eigenvalue weighted by Gasteiger charge is -2.09. The summed E-state index contributed by atoms with van der Waals surface area (Å²) in [5.74, 6) is 1.67. The van der Waals surface area contributed by atoms with Gasteiger partial charge in [0.15, 0.2) is 0 Å². The number of halogens is 3. The molecule has 1 aromatic rings. The SMILES string of the molecule is SCCCCCCCCCOc1cc(Cl)c(Br)cc1Cl. The number of hydrogen-bond acceptors (Lipinski definition) is 2. The first-order chi connectivity index (χ1) is 9.65. The fourth-order valence-corrected chi connectivity index (χ4v) is 2.97. The molecule has 114 valence electrons. The molecule has 0 N–H and O–H groups in total. The van der Waals surface area contributed by atoms with Crippen LogP contribution < -0.4 is 4.74 Å². The second-order valence-electron chi connectivity index (χ2n) is 4.74. The molecule has 0 radical (unpaired) electrons. The minimum atomic E-state index is 0.591. The van der Waals surface area contributed by atoms with Gasteiger partial charge >= 0.3 is 0 Å². The molecule has 1 aromatic carbocycles. The molecule has 0 unspecified atom stereocenters. The third kappa shape index (κ3) is 7.44. The van der Waals surface area contributed by atoms with Crippen LogP contribution in [-0.4, -0.2) is 12.4 Å². The standard InChI is InChI=1S/C15H21BrCl2OS/c16-12-10-14(18)15(11-13(12)17)19-8-6-4-2-1-3-5-7-9-20/h10-11,20H,1-9H2. The van der Waals surface area contributed by atoms with E-state index < -0.39 is 0 Å². The van der Waals surface area contributed by atoms with Gasteiger partial charge in [0.05, 0.1) is 16.7 Å². The number of unbranched alkanes of at least 4 members (excludes halogenated alkanes) is 6. The Morgan fingerprint density at radius 3 is 2.15 bits per heavy atom. The number of ether oxygens (including phenoxy) is 1. The van der Waals surface area contributed by atoms with E-state index in [-0.39, 0.29) is 0 Å². The van der Waals surface area contributed by atoms with Crippen LogP contribution in [0.4, 0.5) is 0 Å². The first kappa shape index (κ1) is 18.5. The summed E-state index contributed by atoms with van der Waals surface area (Å²) < 4.78 is 6.46. The molecule has 1 rings (SSSR count). The van der Waals surface area contributed by atoms with Crippen molar-refractivity contribution in [2.45, 2.75) is 44.9 Å². The molecule has 5 heteroatoms. The predicted octanol–water partition coefficient (Wildman–Crippen LogP) is 6.80. The van der Waals surface area contributed by atoms with E-state index in [9.17, 15) is 0 Å². The van der Waals surface area contributed by atoms with Gasteiger partial charge in [-0.15, -0.1) is 0 Å². The Kier molecular flexibility index (Phi) is 10.2. The maximum Gasteiger partial charge on any atom is 0.139 e. The van der Waals surface area contributed by atoms with Crippen LogP contribution in [0.15, 0.2) is 16.6 Å². The quantitative estimate of drug-likeness (QED) is 0.258. The van der Waals surface area contributed by atoms with Crippen molar-refractivity contribution in [3.8, 4) is 5.75 Å². The molecule has 0 aromatic heterocycles. The van der Waals surface area contributed by atoms with E-state index >= 15 is 0 Å². The van der Waals surface area contributed by atoms with Crippen LogP contribution in [0.5, 0.6) is 5.75 Å². The Morgan fingerprint density at radius 2 is 1.50 bits per heavy atom. The fraction of sp³-hybridized carbons (Fsp3) is 0.600. The molecule has 1 nitrogen and oxygen atoms in total. The number of benzene rings is 1. The van der Waals surface area contributed by atoms with Crippen molar-refractivity contribution in [2.24, 2.45) is 0 Å². The summed E-state index contributed by atoms with van der Waals surface area (Å²) in [6, 6.07) is 3.52. The molecule has 0 saturated heterocycles. The summed E-state index contributed by atoms with van der Waals surface area (Å²) in [5, 5.41) is 1.21. The summed E-state index contributed by atoms with van der Waals surface area (Å²) in [6.45, 7) is 0.689. The van der Waals surface area contributed by atoms with E-state index in [1.807, 2.05) is 0 Å². The van der Waals surface area contributed by atoms with Gasteiger partial charge in [0, 0.05) is 10.5 Å². The number of rotatable bonds is 10. The summed E-state index contributed by atoms with van der Waals surface area (Å²) in [4.78, 5) is 0. The Bertz CT molecular complexity index is 402. The molecule has 0 amide bonds. The second-order valence-corrected chi connectivity index (χ2v) is 6.86. The molecule has 0 bridgehead atoms. The monoisotopic (exact) mass is 398 g/mol. The normalized spacial score (nSPS) is 10.8. The molecular weight excluding hydrogens is 379 g/mol. The molecule has 0 atom stereocenters. The van der Waals surface area contributed by atoms with Crippen LogP contribution in [0.25, 0.3) is 0 Å². The lowest BCUT2D eigenvalue weighted by molar-refractivity contribution is 0.304. The lowest BCUT2D eigenvalue weighted by Crippen LogP contribution is -1.98. The molecule has 0 heterocycles. The third-order valence-electron chi connectivity index (χ3n) is 3.03. The van der Waals surface area contributed by atoms with Crippen LogP contribution in [0, 0.1) is 0 Å². The van der Waals surface area contributed by atoms with Gasteiger partial charge in [-0.1, -0.05) is 55.3 Å². The van der Waals surface area contributed by atoms with Gasteiger partial charge in [-0.3, -0.25) is 0 Å². The van der Waals surface area contributed by atoms with E-state index in [4.69, 9.17) is 27.9 Å². The van der Waals surface area contributed by atoms with Crippen LogP contribution in [0.1, 0.15) is 44.9 Å². The Balaban J connectivity index is 2.11. The smallest absolute Gasteiger partial charge is 0.139 e. The van der Waals surface area contributed by atoms with Gasteiger partial charge in [0.1, 0.15) is 5.75 Å². The Hall–Kier alpha value is 0.430. The van der Waals surface area contributed by atoms with Crippen LogP contribution in [0.2, 0.25) is 10.0 Å². The molecular formula is C15H21BrCl2OS. The van der Waals surface area contributed by atoms with Crippen molar-refractivity contribution in [1.29, 1.82) is 0 Å². The summed E-state index contributed by atoms with van der Waals surface area (Å²) >= 11 is 19.7. The van der Waals surface area contributed by atoms with Crippen LogP contribution in [-0.2, 0) is 0 Å². The molecule has 0 spiro atoms. The molecule has 0 aliphatic carbocycles. The van der Waals surface area contributed by atoms with Gasteiger partial charge in [-0.05, 0) is 40.6 Å². The first-order valence-electron chi connectivity index (χ1n) is 7.03. The Labute approximate surface area is 145 Å². The van der Waals surface area contributed by atoms with Gasteiger partial charge in [-0.25, -0.2) is 0 Å². The van der Waals surface area contributed by atoms with Crippen LogP contribution >= 0.6 is 51.8 Å². The van der Waals surface area contributed by atoms with Crippen molar-refractivity contribution in [3.05, 3.63) is 26.7 Å². The second kappa shape index (κ2) is 11.1. The fourth-order valence-electron chi connectivity index (χ4n) is 1.89. The molecule has 0 saturated carbocycles. The molecule has 20 heavy (non-hydrogen) atoms. The number of thiol groups is 1. The highest BCUT2D eigenvalue weighted by molar-refractivity contribution is 9.10. The average Bonchev–Trinajstić information content (AvgIpc) is 2.42. The average molecular weight is 400 g/mol. The molecule has 0 aliphatic heterocycles. The van der Waals surface area contributed by atoms with E-state index in [2.05, 4.69) is 28.6 Å². The van der Waals surface area contributed by atoms with E-state index in [0.717, 1.165) is 16.6 Å². The van der Waals surface area contributed by atoms with E-state index in [0.29, 0.717) is 22.4 Å². The maximum absolute atomic E-state index is 6.09. The minimum absolute atomic E-state index is 0.591. The van der Waals surface area contributed by atoms with Gasteiger partial charge in [-0.2, -0.15) is 12.6 Å². The lowest BCUT2D eigenvalue weighted by atomic mass is 10.1. The number of hydrogen-bond donors (Lipinski definition) is 1. The zero-order valence-electron chi connectivity index (χ0n) is 11.5. The highest BCUT2D eigenvalue weighted by Crippen LogP contribution is 2.34. The molecule has 0 aliphatic rings. The summed E-state index contributed by atoms with van der Waals surface area (Å²) in [5.41, 5.74) is 0. The molecule has 0 fully saturated rings.